The first kappa shape index (κ1) is 28.7. The minimum absolute atomic E-state index is 0.0837. The largest absolute Gasteiger partial charge is 0.378 e. The van der Waals surface area contributed by atoms with Crippen LogP contribution in [0.25, 0.3) is 10.4 Å². The van der Waals surface area contributed by atoms with E-state index in [4.69, 9.17) is 8.92 Å². The molecule has 4 rings (SSSR count). The molecule has 0 fully saturated rings. The third-order valence-electron chi connectivity index (χ3n) is 5.54. The van der Waals surface area contributed by atoms with Crippen LogP contribution in [0, 0.1) is 0 Å². The maximum absolute atomic E-state index is 12.7. The van der Waals surface area contributed by atoms with E-state index in [1.165, 1.54) is 29.7 Å². The van der Waals surface area contributed by atoms with E-state index in [1.54, 1.807) is 19.1 Å². The lowest BCUT2D eigenvalue weighted by Gasteiger charge is -2.12. The van der Waals surface area contributed by atoms with Crippen LogP contribution in [0.3, 0.4) is 0 Å². The molecular weight excluding hydrogens is 566 g/mol. The molecule has 0 radical (unpaired) electrons. The molecule has 3 aromatic rings. The molecule has 2 atom stereocenters. The standard InChI is InChI=1S/C25H27N3O8S3/c1-4-35-25(31)18-14-21(17-8-6-5-7-9-17)37-24(18)27-23(30)15-26-22(29)13-16-10-11-20-19(12-16)28(38(2,32)33)39(3,34)36-20/h5-12,14,25,31H,4,13,15H2,1-3H3,(H-,26,27,29,30)/p+1. The molecule has 0 spiro atoms. The second-order valence-electron chi connectivity index (χ2n) is 8.68. The Morgan fingerprint density at radius 3 is 2.54 bits per heavy atom. The third kappa shape index (κ3) is 6.65. The third-order valence-corrected chi connectivity index (χ3v) is 10.4. The number of amides is 2. The Balaban J connectivity index is 1.43. The minimum atomic E-state index is -3.90. The van der Waals surface area contributed by atoms with Gasteiger partial charge in [-0.25, -0.2) is 0 Å². The van der Waals surface area contributed by atoms with Crippen LogP contribution in [0.15, 0.2) is 54.6 Å². The van der Waals surface area contributed by atoms with Gasteiger partial charge in [0, 0.05) is 26.5 Å². The number of sulfonamides is 1. The van der Waals surface area contributed by atoms with Crippen LogP contribution in [-0.2, 0) is 40.8 Å². The summed E-state index contributed by atoms with van der Waals surface area (Å²) in [7, 11) is -7.21. The summed E-state index contributed by atoms with van der Waals surface area (Å²) in [6.07, 6.45) is 0.701. The quantitative estimate of drug-likeness (QED) is 0.240. The number of fused-ring (bicyclic) bond motifs is 1. The molecule has 3 N–H and O–H groups in total. The monoisotopic (exact) mass is 594 g/mol. The normalized spacial score (nSPS) is 17.3. The summed E-state index contributed by atoms with van der Waals surface area (Å²) in [6.45, 7) is 1.68. The van der Waals surface area contributed by atoms with Crippen molar-refractivity contribution < 1.29 is 39.6 Å². The van der Waals surface area contributed by atoms with Crippen LogP contribution in [0.5, 0.6) is 5.75 Å². The first-order chi connectivity index (χ1) is 18.4. The molecule has 2 amide bonds. The van der Waals surface area contributed by atoms with Crippen molar-refractivity contribution in [2.75, 3.05) is 31.0 Å². The number of nitrogens with zero attached hydrogens (tertiary/aromatic N) is 1. The molecule has 0 bridgehead atoms. The molecule has 2 unspecified atom stereocenters. The van der Waals surface area contributed by atoms with Gasteiger partial charge in [-0.2, -0.15) is 12.6 Å². The lowest BCUT2D eigenvalue weighted by atomic mass is 10.1. The average molecular weight is 595 g/mol. The molecule has 0 saturated carbocycles. The Morgan fingerprint density at radius 2 is 1.87 bits per heavy atom. The maximum Gasteiger partial charge on any atom is 0.378 e. The molecule has 39 heavy (non-hydrogen) atoms. The van der Waals surface area contributed by atoms with Crippen LogP contribution in [-0.4, -0.2) is 58.6 Å². The van der Waals surface area contributed by atoms with Crippen molar-refractivity contribution in [1.29, 1.82) is 0 Å². The lowest BCUT2D eigenvalue weighted by molar-refractivity contribution is -0.229. The van der Waals surface area contributed by atoms with E-state index >= 15 is 0 Å². The molecular formula is C25H28N3O8S3+. The number of hydrogen-bond acceptors (Lipinski definition) is 9. The van der Waals surface area contributed by atoms with Crippen molar-refractivity contribution in [3.05, 3.63) is 65.7 Å². The minimum Gasteiger partial charge on any atom is -0.364 e. The van der Waals surface area contributed by atoms with Crippen molar-refractivity contribution in [3.8, 4) is 16.2 Å². The molecule has 2 aromatic carbocycles. The summed E-state index contributed by atoms with van der Waals surface area (Å²) in [5.41, 5.74) is 1.84. The van der Waals surface area contributed by atoms with Crippen LogP contribution >= 0.6 is 11.3 Å². The molecule has 14 heteroatoms. The molecule has 11 nitrogen and oxygen atoms in total. The van der Waals surface area contributed by atoms with Gasteiger partial charge in [-0.3, -0.25) is 9.59 Å². The molecule has 2 heterocycles. The van der Waals surface area contributed by atoms with E-state index in [2.05, 4.69) is 10.6 Å². The van der Waals surface area contributed by atoms with Gasteiger partial charge in [0.2, 0.25) is 17.6 Å². The summed E-state index contributed by atoms with van der Waals surface area (Å²) in [5.74, 6) is -0.865. The van der Waals surface area contributed by atoms with Crippen LogP contribution < -0.4 is 14.8 Å². The maximum atomic E-state index is 12.7. The van der Waals surface area contributed by atoms with Crippen molar-refractivity contribution >= 4 is 53.9 Å². The van der Waals surface area contributed by atoms with Crippen LogP contribution in [0.4, 0.5) is 10.7 Å². The Morgan fingerprint density at radius 1 is 1.15 bits per heavy atom. The van der Waals surface area contributed by atoms with Gasteiger partial charge >= 0.3 is 20.0 Å². The number of anilines is 1. The number of aliphatic hydroxyl groups excluding tert-OH is 1. The lowest BCUT2D eigenvalue weighted by Crippen LogP contribution is -2.33. The second kappa shape index (κ2) is 11.4. The fourth-order valence-corrected chi connectivity index (χ4v) is 8.67. The Labute approximate surface area is 230 Å². The van der Waals surface area contributed by atoms with Gasteiger partial charge in [0.1, 0.15) is 11.3 Å². The molecule has 0 saturated heterocycles. The first-order valence-electron chi connectivity index (χ1n) is 11.8. The summed E-state index contributed by atoms with van der Waals surface area (Å²) >= 11 is 1.27. The van der Waals surface area contributed by atoms with Gasteiger partial charge in [0.05, 0.1) is 19.2 Å². The summed E-state index contributed by atoms with van der Waals surface area (Å²) < 4.78 is 48.3. The van der Waals surface area contributed by atoms with Gasteiger partial charge < -0.3 is 24.7 Å². The summed E-state index contributed by atoms with van der Waals surface area (Å²) in [6, 6.07) is 15.6. The number of carbonyl (C=O) groups excluding carboxylic acids is 2. The Hall–Kier alpha value is -3.30. The van der Waals surface area contributed by atoms with E-state index in [9.17, 15) is 27.3 Å². The van der Waals surface area contributed by atoms with E-state index in [-0.39, 0.29) is 31.0 Å². The zero-order valence-electron chi connectivity index (χ0n) is 21.4. The molecule has 1 aromatic heterocycles. The fourth-order valence-electron chi connectivity index (χ4n) is 3.97. The van der Waals surface area contributed by atoms with Crippen molar-refractivity contribution in [2.24, 2.45) is 0 Å². The SMILES string of the molecule is CCOC(O)c1cc(-c2ccccc2)sc1NC(=O)CNC(=O)Cc1ccc2c(c1)[N+](S(C)(=O)=O)=S(C)(=O)O2. The number of nitrogens with one attached hydrogen (secondary N) is 2. The topological polar surface area (TPSA) is 151 Å². The highest BCUT2D eigenvalue weighted by atomic mass is 32.3. The number of rotatable bonds is 10. The van der Waals surface area contributed by atoms with Crippen LogP contribution in [0.2, 0.25) is 0 Å². The smallest absolute Gasteiger partial charge is 0.364 e. The average Bonchev–Trinajstić information content (AvgIpc) is 3.40. The van der Waals surface area contributed by atoms with Crippen molar-refractivity contribution in [3.63, 3.8) is 0 Å². The number of aliphatic hydroxyl groups is 1. The van der Waals surface area contributed by atoms with Crippen molar-refractivity contribution in [1.82, 2.24) is 5.32 Å². The van der Waals surface area contributed by atoms with Gasteiger partial charge in [-0.1, -0.05) is 36.4 Å². The van der Waals surface area contributed by atoms with E-state index in [0.29, 0.717) is 19.5 Å². The summed E-state index contributed by atoms with van der Waals surface area (Å²) in [5, 5.41) is 16.1. The predicted molar refractivity (Wildman–Crippen MR) is 148 cm³/mol. The molecule has 208 valence electrons. The Bertz CT molecular complexity index is 1640. The van der Waals surface area contributed by atoms with Gasteiger partial charge in [0.15, 0.2) is 6.29 Å². The fraction of sp³-hybridized carbons (Fsp3) is 0.280. The number of ether oxygens (including phenoxy) is 1. The van der Waals surface area contributed by atoms with E-state index in [0.717, 1.165) is 16.7 Å². The van der Waals surface area contributed by atoms with E-state index < -0.39 is 38.1 Å². The van der Waals surface area contributed by atoms with Gasteiger partial charge in [0.25, 0.3) is 5.69 Å². The number of hydrogen-bond donors (Lipinski definition) is 3. The number of benzene rings is 2. The highest BCUT2D eigenvalue weighted by Gasteiger charge is 2.41. The van der Waals surface area contributed by atoms with Crippen molar-refractivity contribution in [2.45, 2.75) is 19.6 Å². The number of carbonyl (C=O) groups is 2. The molecule has 1 aliphatic rings. The van der Waals surface area contributed by atoms with Gasteiger partial charge in [-0.05, 0) is 30.2 Å². The predicted octanol–water partition coefficient (Wildman–Crippen LogP) is 2.75. The zero-order chi connectivity index (χ0) is 28.4. The first-order valence-corrected chi connectivity index (χ1v) is 16.3. The molecule has 1 aliphatic heterocycles. The highest BCUT2D eigenvalue weighted by Crippen LogP contribution is 2.39. The zero-order valence-corrected chi connectivity index (χ0v) is 23.8. The summed E-state index contributed by atoms with van der Waals surface area (Å²) in [4.78, 5) is 26.0. The van der Waals surface area contributed by atoms with Crippen LogP contribution in [0.1, 0.15) is 24.3 Å². The van der Waals surface area contributed by atoms with E-state index in [1.807, 2.05) is 30.3 Å². The second-order valence-corrected chi connectivity index (χ2v) is 13.8. The molecule has 0 aliphatic carbocycles. The number of thiophene rings is 1. The highest BCUT2D eigenvalue weighted by molar-refractivity contribution is 7.94. The Kier molecular flexibility index (Phi) is 8.42. The van der Waals surface area contributed by atoms with Gasteiger partial charge in [-0.15, -0.1) is 11.3 Å².